The zero-order chi connectivity index (χ0) is 17.9. The number of rotatable bonds is 10. The van der Waals surface area contributed by atoms with Crippen LogP contribution >= 0.6 is 0 Å². The third kappa shape index (κ3) is 7.37. The number of anilines is 1. The zero-order valence-corrected chi connectivity index (χ0v) is 14.8. The molecule has 0 heterocycles. The predicted octanol–water partition coefficient (Wildman–Crippen LogP) is 4.17. The van der Waals surface area contributed by atoms with Crippen LogP contribution in [-0.4, -0.2) is 32.8 Å². The Balaban J connectivity index is 1.73. The minimum Gasteiger partial charge on any atom is -0.457 e. The molecule has 0 aliphatic rings. The number of benzene rings is 2. The first-order chi connectivity index (χ1) is 12.2. The first-order valence-corrected chi connectivity index (χ1v) is 8.38. The van der Waals surface area contributed by atoms with Crippen molar-refractivity contribution in [2.24, 2.45) is 0 Å². The molecule has 0 atom stereocenters. The highest BCUT2D eigenvalue weighted by atomic mass is 16.5. The van der Waals surface area contributed by atoms with Crippen molar-refractivity contribution < 1.29 is 19.0 Å². The van der Waals surface area contributed by atoms with Crippen LogP contribution in [0.3, 0.4) is 0 Å². The Morgan fingerprint density at radius 3 is 2.52 bits per heavy atom. The van der Waals surface area contributed by atoms with Gasteiger partial charge in [-0.25, -0.2) is 0 Å². The van der Waals surface area contributed by atoms with Gasteiger partial charge in [0.05, 0.1) is 13.2 Å². The number of carbonyl (C=O) groups is 1. The van der Waals surface area contributed by atoms with E-state index < -0.39 is 0 Å². The topological polar surface area (TPSA) is 56.8 Å². The van der Waals surface area contributed by atoms with Gasteiger partial charge in [-0.1, -0.05) is 12.1 Å². The number of nitrogens with one attached hydrogen (secondary N) is 1. The molecular formula is C20H25NO4. The summed E-state index contributed by atoms with van der Waals surface area (Å²) in [5.74, 6) is 1.50. The summed E-state index contributed by atoms with van der Waals surface area (Å²) in [7, 11) is 1.63. The summed E-state index contributed by atoms with van der Waals surface area (Å²) in [6, 6.07) is 15.2. The first-order valence-electron chi connectivity index (χ1n) is 8.38. The largest absolute Gasteiger partial charge is 0.457 e. The maximum Gasteiger partial charge on any atom is 0.224 e. The molecule has 0 bridgehead atoms. The van der Waals surface area contributed by atoms with Crippen molar-refractivity contribution in [1.82, 2.24) is 0 Å². The molecule has 0 aliphatic heterocycles. The summed E-state index contributed by atoms with van der Waals surface area (Å²) in [6.07, 6.45) is 1.11. The van der Waals surface area contributed by atoms with Crippen LogP contribution in [0.4, 0.5) is 5.69 Å². The summed E-state index contributed by atoms with van der Waals surface area (Å²) in [4.78, 5) is 11.9. The molecule has 2 aromatic carbocycles. The van der Waals surface area contributed by atoms with Crippen molar-refractivity contribution in [3.63, 3.8) is 0 Å². The first kappa shape index (κ1) is 19.0. The number of carbonyl (C=O) groups excluding carboxylic acids is 1. The van der Waals surface area contributed by atoms with Crippen LogP contribution in [0.15, 0.2) is 48.5 Å². The Labute approximate surface area is 148 Å². The van der Waals surface area contributed by atoms with Gasteiger partial charge < -0.3 is 19.5 Å². The summed E-state index contributed by atoms with van der Waals surface area (Å²) < 4.78 is 16.0. The van der Waals surface area contributed by atoms with Gasteiger partial charge in [0.15, 0.2) is 0 Å². The van der Waals surface area contributed by atoms with Crippen molar-refractivity contribution in [2.45, 2.75) is 19.8 Å². The molecule has 0 radical (unpaired) electrons. The molecule has 0 aliphatic carbocycles. The SMILES string of the molecule is COCCOCCCC(=O)Nc1ccc(Oc2cccc(C)c2)cc1. The Morgan fingerprint density at radius 2 is 1.80 bits per heavy atom. The van der Waals surface area contributed by atoms with E-state index in [-0.39, 0.29) is 5.91 Å². The summed E-state index contributed by atoms with van der Waals surface area (Å²) in [5, 5.41) is 2.87. The second kappa shape index (κ2) is 10.5. The van der Waals surface area contributed by atoms with E-state index in [0.717, 1.165) is 22.7 Å². The van der Waals surface area contributed by atoms with Crippen LogP contribution in [0.25, 0.3) is 0 Å². The number of aryl methyl sites for hydroxylation is 1. The maximum atomic E-state index is 11.9. The van der Waals surface area contributed by atoms with Crippen LogP contribution in [0.1, 0.15) is 18.4 Å². The van der Waals surface area contributed by atoms with Gasteiger partial charge in [-0.15, -0.1) is 0 Å². The second-order valence-corrected chi connectivity index (χ2v) is 5.70. The highest BCUT2D eigenvalue weighted by molar-refractivity contribution is 5.90. The van der Waals surface area contributed by atoms with E-state index in [0.29, 0.717) is 32.7 Å². The van der Waals surface area contributed by atoms with E-state index in [9.17, 15) is 4.79 Å². The Kier molecular flexibility index (Phi) is 7.95. The van der Waals surface area contributed by atoms with Crippen molar-refractivity contribution in [2.75, 3.05) is 32.2 Å². The third-order valence-corrected chi connectivity index (χ3v) is 3.49. The van der Waals surface area contributed by atoms with E-state index in [1.54, 1.807) is 7.11 Å². The molecule has 0 saturated carbocycles. The highest BCUT2D eigenvalue weighted by Crippen LogP contribution is 2.23. The van der Waals surface area contributed by atoms with Gasteiger partial charge in [-0.3, -0.25) is 4.79 Å². The van der Waals surface area contributed by atoms with Gasteiger partial charge in [0.1, 0.15) is 11.5 Å². The smallest absolute Gasteiger partial charge is 0.224 e. The van der Waals surface area contributed by atoms with Gasteiger partial charge >= 0.3 is 0 Å². The molecule has 0 fully saturated rings. The molecule has 25 heavy (non-hydrogen) atoms. The maximum absolute atomic E-state index is 11.9. The highest BCUT2D eigenvalue weighted by Gasteiger charge is 2.03. The third-order valence-electron chi connectivity index (χ3n) is 3.49. The van der Waals surface area contributed by atoms with Gasteiger partial charge in [-0.05, 0) is 55.3 Å². The number of methoxy groups -OCH3 is 1. The minimum absolute atomic E-state index is 0.0253. The Hall–Kier alpha value is -2.37. The summed E-state index contributed by atoms with van der Waals surface area (Å²) >= 11 is 0. The van der Waals surface area contributed by atoms with E-state index >= 15 is 0 Å². The molecule has 5 nitrogen and oxygen atoms in total. The second-order valence-electron chi connectivity index (χ2n) is 5.70. The molecule has 0 unspecified atom stereocenters. The van der Waals surface area contributed by atoms with E-state index in [2.05, 4.69) is 5.32 Å². The van der Waals surface area contributed by atoms with E-state index in [4.69, 9.17) is 14.2 Å². The van der Waals surface area contributed by atoms with Crippen LogP contribution in [0.5, 0.6) is 11.5 Å². The monoisotopic (exact) mass is 343 g/mol. The molecule has 0 aromatic heterocycles. The van der Waals surface area contributed by atoms with Crippen LogP contribution in [0.2, 0.25) is 0 Å². The Bertz CT molecular complexity index is 655. The summed E-state index contributed by atoms with van der Waals surface area (Å²) in [5.41, 5.74) is 1.90. The lowest BCUT2D eigenvalue weighted by Gasteiger charge is -2.09. The zero-order valence-electron chi connectivity index (χ0n) is 14.8. The van der Waals surface area contributed by atoms with Crippen molar-refractivity contribution in [3.05, 3.63) is 54.1 Å². The van der Waals surface area contributed by atoms with Crippen LogP contribution in [-0.2, 0) is 14.3 Å². The fourth-order valence-corrected chi connectivity index (χ4v) is 2.22. The van der Waals surface area contributed by atoms with Gasteiger partial charge in [0, 0.05) is 25.8 Å². The van der Waals surface area contributed by atoms with Gasteiger partial charge in [-0.2, -0.15) is 0 Å². The molecule has 0 spiro atoms. The molecule has 5 heteroatoms. The number of hydrogen-bond donors (Lipinski definition) is 1. The number of ether oxygens (including phenoxy) is 3. The predicted molar refractivity (Wildman–Crippen MR) is 98.3 cm³/mol. The van der Waals surface area contributed by atoms with Crippen LogP contribution in [0, 0.1) is 6.92 Å². The van der Waals surface area contributed by atoms with Crippen molar-refractivity contribution in [1.29, 1.82) is 0 Å². The fraction of sp³-hybridized carbons (Fsp3) is 0.350. The molecule has 2 aromatic rings. The molecule has 134 valence electrons. The van der Waals surface area contributed by atoms with E-state index in [1.807, 2.05) is 55.5 Å². The Morgan fingerprint density at radius 1 is 1.00 bits per heavy atom. The lowest BCUT2D eigenvalue weighted by atomic mass is 10.2. The van der Waals surface area contributed by atoms with Crippen LogP contribution < -0.4 is 10.1 Å². The van der Waals surface area contributed by atoms with Gasteiger partial charge in [0.2, 0.25) is 5.91 Å². The lowest BCUT2D eigenvalue weighted by molar-refractivity contribution is -0.116. The summed E-state index contributed by atoms with van der Waals surface area (Å²) in [6.45, 7) is 3.71. The molecule has 0 saturated heterocycles. The van der Waals surface area contributed by atoms with Gasteiger partial charge in [0.25, 0.3) is 0 Å². The number of amides is 1. The van der Waals surface area contributed by atoms with E-state index in [1.165, 1.54) is 0 Å². The number of hydrogen-bond acceptors (Lipinski definition) is 4. The lowest BCUT2D eigenvalue weighted by Crippen LogP contribution is -2.12. The molecule has 2 rings (SSSR count). The molecule has 1 amide bonds. The average molecular weight is 343 g/mol. The minimum atomic E-state index is -0.0253. The standard InChI is InChI=1S/C20H25NO4/c1-16-5-3-6-19(15-16)25-18-10-8-17(9-11-18)21-20(22)7-4-12-24-14-13-23-2/h3,5-6,8-11,15H,4,7,12-14H2,1-2H3,(H,21,22). The fourth-order valence-electron chi connectivity index (χ4n) is 2.22. The van der Waals surface area contributed by atoms with Crippen molar-refractivity contribution in [3.8, 4) is 11.5 Å². The normalized spacial score (nSPS) is 10.5. The van der Waals surface area contributed by atoms with Crippen molar-refractivity contribution >= 4 is 11.6 Å². The average Bonchev–Trinajstić information content (AvgIpc) is 2.60. The quantitative estimate of drug-likeness (QED) is 0.658. The molecular weight excluding hydrogens is 318 g/mol. The molecule has 1 N–H and O–H groups in total.